The number of fused-ring (bicyclic) bond motifs is 1. The highest BCUT2D eigenvalue weighted by atomic mass is 32.2. The fraction of sp³-hybridized carbons (Fsp3) is 0.278. The Kier molecular flexibility index (Phi) is 4.39. The second-order valence-corrected chi connectivity index (χ2v) is 6.71. The summed E-state index contributed by atoms with van der Waals surface area (Å²) in [6.07, 6.45) is 0. The molecule has 2 aromatic carbocycles. The maximum atomic E-state index is 12.5. The summed E-state index contributed by atoms with van der Waals surface area (Å²) in [6.45, 7) is 5.10. The normalized spacial score (nSPS) is 14.5. The summed E-state index contributed by atoms with van der Waals surface area (Å²) in [6, 6.07) is 13.5. The molecule has 0 N–H and O–H groups in total. The summed E-state index contributed by atoms with van der Waals surface area (Å²) >= 11 is 1.54. The maximum absolute atomic E-state index is 12.5. The molecule has 1 aliphatic heterocycles. The molecular formula is C18H18O3S. The number of Topliss-reactive ketones (excluding diaryl/α,β-unsaturated/α-hetero) is 1. The van der Waals surface area contributed by atoms with E-state index in [0.29, 0.717) is 13.2 Å². The molecule has 4 heteroatoms. The fourth-order valence-electron chi connectivity index (χ4n) is 2.31. The first kappa shape index (κ1) is 15.0. The molecule has 0 unspecified atom stereocenters. The van der Waals surface area contributed by atoms with E-state index in [0.717, 1.165) is 27.5 Å². The molecule has 1 heterocycles. The van der Waals surface area contributed by atoms with E-state index in [2.05, 4.69) is 0 Å². The van der Waals surface area contributed by atoms with Crippen LogP contribution in [-0.4, -0.2) is 24.2 Å². The van der Waals surface area contributed by atoms with Crippen molar-refractivity contribution in [3.63, 3.8) is 0 Å². The van der Waals surface area contributed by atoms with Crippen LogP contribution in [0.3, 0.4) is 0 Å². The van der Waals surface area contributed by atoms with Gasteiger partial charge in [0.05, 0.1) is 5.25 Å². The van der Waals surface area contributed by atoms with Crippen LogP contribution in [0.15, 0.2) is 47.4 Å². The second-order valence-electron chi connectivity index (χ2n) is 5.30. The van der Waals surface area contributed by atoms with E-state index in [1.807, 2.05) is 56.3 Å². The van der Waals surface area contributed by atoms with Gasteiger partial charge >= 0.3 is 0 Å². The smallest absolute Gasteiger partial charge is 0.175 e. The fourth-order valence-corrected chi connectivity index (χ4v) is 3.28. The standard InChI is InChI=1S/C18H18O3S/c1-12-3-5-14(6-4-12)18(19)13(2)22-15-7-8-16-17(11-15)21-10-9-20-16/h3-8,11,13H,9-10H2,1-2H3/t13-/m0/s1. The quantitative estimate of drug-likeness (QED) is 0.628. The van der Waals surface area contributed by atoms with E-state index in [-0.39, 0.29) is 11.0 Å². The highest BCUT2D eigenvalue weighted by Crippen LogP contribution is 2.36. The molecular weight excluding hydrogens is 296 g/mol. The molecule has 0 amide bonds. The van der Waals surface area contributed by atoms with Crippen molar-refractivity contribution in [2.75, 3.05) is 13.2 Å². The molecule has 0 aliphatic carbocycles. The summed E-state index contributed by atoms with van der Waals surface area (Å²) in [7, 11) is 0. The average Bonchev–Trinajstić information content (AvgIpc) is 2.55. The van der Waals surface area contributed by atoms with E-state index in [9.17, 15) is 4.79 Å². The topological polar surface area (TPSA) is 35.5 Å². The third-order valence-corrected chi connectivity index (χ3v) is 4.63. The Bertz CT molecular complexity index is 679. The van der Waals surface area contributed by atoms with Crippen molar-refractivity contribution in [3.05, 3.63) is 53.6 Å². The first-order valence-corrected chi connectivity index (χ1v) is 8.18. The predicted octanol–water partition coefficient (Wildman–Crippen LogP) is 4.13. The van der Waals surface area contributed by atoms with Crippen LogP contribution in [0.25, 0.3) is 0 Å². The van der Waals surface area contributed by atoms with Gasteiger partial charge in [0.1, 0.15) is 13.2 Å². The van der Waals surface area contributed by atoms with Crippen LogP contribution >= 0.6 is 11.8 Å². The molecule has 3 nitrogen and oxygen atoms in total. The van der Waals surface area contributed by atoms with Crippen molar-refractivity contribution in [2.24, 2.45) is 0 Å². The van der Waals surface area contributed by atoms with Crippen molar-refractivity contribution < 1.29 is 14.3 Å². The van der Waals surface area contributed by atoms with E-state index in [1.165, 1.54) is 11.8 Å². The average molecular weight is 314 g/mol. The van der Waals surface area contributed by atoms with Crippen LogP contribution in [-0.2, 0) is 0 Å². The number of aryl methyl sites for hydroxylation is 1. The van der Waals surface area contributed by atoms with Gasteiger partial charge in [-0.1, -0.05) is 29.8 Å². The van der Waals surface area contributed by atoms with Crippen LogP contribution in [0.2, 0.25) is 0 Å². The molecule has 0 aromatic heterocycles. The second kappa shape index (κ2) is 6.44. The van der Waals surface area contributed by atoms with Crippen LogP contribution in [0.4, 0.5) is 0 Å². The maximum Gasteiger partial charge on any atom is 0.175 e. The molecule has 114 valence electrons. The lowest BCUT2D eigenvalue weighted by Gasteiger charge is -2.19. The molecule has 1 atom stereocenters. The van der Waals surface area contributed by atoms with Gasteiger partial charge in [-0.2, -0.15) is 0 Å². The van der Waals surface area contributed by atoms with Gasteiger partial charge in [0.15, 0.2) is 17.3 Å². The number of ketones is 1. The number of hydrogen-bond donors (Lipinski definition) is 0. The lowest BCUT2D eigenvalue weighted by molar-refractivity contribution is 0.0994. The zero-order chi connectivity index (χ0) is 15.5. The Morgan fingerprint density at radius 1 is 1.05 bits per heavy atom. The van der Waals surface area contributed by atoms with Gasteiger partial charge < -0.3 is 9.47 Å². The van der Waals surface area contributed by atoms with Crippen molar-refractivity contribution in [2.45, 2.75) is 24.0 Å². The van der Waals surface area contributed by atoms with E-state index in [1.54, 1.807) is 0 Å². The van der Waals surface area contributed by atoms with Crippen LogP contribution in [0.5, 0.6) is 11.5 Å². The van der Waals surface area contributed by atoms with Crippen LogP contribution in [0.1, 0.15) is 22.8 Å². The van der Waals surface area contributed by atoms with Gasteiger partial charge in [-0.05, 0) is 32.0 Å². The van der Waals surface area contributed by atoms with Gasteiger partial charge in [0, 0.05) is 10.5 Å². The zero-order valence-electron chi connectivity index (χ0n) is 12.7. The summed E-state index contributed by atoms with van der Waals surface area (Å²) < 4.78 is 11.1. The summed E-state index contributed by atoms with van der Waals surface area (Å²) in [4.78, 5) is 13.5. The Hall–Kier alpha value is -1.94. The van der Waals surface area contributed by atoms with Crippen molar-refractivity contribution in [1.29, 1.82) is 0 Å². The molecule has 0 fully saturated rings. The third-order valence-electron chi connectivity index (χ3n) is 3.53. The number of carbonyl (C=O) groups excluding carboxylic acids is 1. The molecule has 2 aromatic rings. The van der Waals surface area contributed by atoms with Crippen molar-refractivity contribution in [1.82, 2.24) is 0 Å². The van der Waals surface area contributed by atoms with Gasteiger partial charge in [-0.15, -0.1) is 11.8 Å². The number of benzene rings is 2. The van der Waals surface area contributed by atoms with Gasteiger partial charge in [-0.3, -0.25) is 4.79 Å². The van der Waals surface area contributed by atoms with E-state index in [4.69, 9.17) is 9.47 Å². The molecule has 22 heavy (non-hydrogen) atoms. The first-order chi connectivity index (χ1) is 10.6. The Morgan fingerprint density at radius 2 is 1.73 bits per heavy atom. The minimum atomic E-state index is -0.148. The first-order valence-electron chi connectivity index (χ1n) is 7.30. The number of thioether (sulfide) groups is 1. The Labute approximate surface area is 134 Å². The molecule has 0 radical (unpaired) electrons. The largest absolute Gasteiger partial charge is 0.486 e. The molecule has 0 bridgehead atoms. The minimum absolute atomic E-state index is 0.139. The van der Waals surface area contributed by atoms with Gasteiger partial charge in [0.2, 0.25) is 0 Å². The van der Waals surface area contributed by atoms with Gasteiger partial charge in [0.25, 0.3) is 0 Å². The van der Waals surface area contributed by atoms with Gasteiger partial charge in [-0.25, -0.2) is 0 Å². The summed E-state index contributed by atoms with van der Waals surface area (Å²) in [5.74, 6) is 1.67. The molecule has 0 saturated heterocycles. The molecule has 0 spiro atoms. The summed E-state index contributed by atoms with van der Waals surface area (Å²) in [5, 5.41) is -0.148. The predicted molar refractivity (Wildman–Crippen MR) is 88.3 cm³/mol. The van der Waals surface area contributed by atoms with Crippen molar-refractivity contribution >= 4 is 17.5 Å². The van der Waals surface area contributed by atoms with Crippen LogP contribution < -0.4 is 9.47 Å². The summed E-state index contributed by atoms with van der Waals surface area (Å²) in [5.41, 5.74) is 1.91. The number of carbonyl (C=O) groups is 1. The number of hydrogen-bond acceptors (Lipinski definition) is 4. The number of rotatable bonds is 4. The van der Waals surface area contributed by atoms with Crippen LogP contribution in [0, 0.1) is 6.92 Å². The minimum Gasteiger partial charge on any atom is -0.486 e. The van der Waals surface area contributed by atoms with E-state index >= 15 is 0 Å². The lowest BCUT2D eigenvalue weighted by Crippen LogP contribution is -2.15. The Balaban J connectivity index is 1.72. The molecule has 3 rings (SSSR count). The van der Waals surface area contributed by atoms with Crippen molar-refractivity contribution in [3.8, 4) is 11.5 Å². The highest BCUT2D eigenvalue weighted by Gasteiger charge is 2.18. The molecule has 1 aliphatic rings. The zero-order valence-corrected chi connectivity index (χ0v) is 13.5. The Morgan fingerprint density at radius 3 is 2.45 bits per heavy atom. The lowest BCUT2D eigenvalue weighted by atomic mass is 10.1. The van der Waals surface area contributed by atoms with E-state index < -0.39 is 0 Å². The molecule has 0 saturated carbocycles. The highest BCUT2D eigenvalue weighted by molar-refractivity contribution is 8.00. The SMILES string of the molecule is Cc1ccc(C(=O)[C@H](C)Sc2ccc3c(c2)OCCO3)cc1. The third kappa shape index (κ3) is 3.28. The monoisotopic (exact) mass is 314 g/mol. The number of ether oxygens (including phenoxy) is 2.